The number of nitrogens with zero attached hydrogens (tertiary/aromatic N) is 2. The number of likely N-dealkylation sites (N-methyl/N-ethyl adjacent to an activating group) is 1. The lowest BCUT2D eigenvalue weighted by atomic mass is 10.2. The minimum Gasteiger partial charge on any atom is -0.497 e. The zero-order chi connectivity index (χ0) is 16.1. The van der Waals surface area contributed by atoms with E-state index in [1.165, 1.54) is 12.8 Å². The van der Waals surface area contributed by atoms with Crippen LogP contribution in [-0.4, -0.2) is 50.8 Å². The number of guanidine groups is 1. The van der Waals surface area contributed by atoms with Gasteiger partial charge in [0, 0.05) is 18.2 Å². The fraction of sp³-hybridized carbons (Fsp3) is 0.562. The van der Waals surface area contributed by atoms with Gasteiger partial charge in [0.05, 0.1) is 26.5 Å². The molecule has 1 atom stereocenters. The summed E-state index contributed by atoms with van der Waals surface area (Å²) in [5.41, 5.74) is 6.73. The van der Waals surface area contributed by atoms with Crippen LogP contribution < -0.4 is 20.5 Å². The van der Waals surface area contributed by atoms with Crippen molar-refractivity contribution in [2.24, 2.45) is 10.7 Å². The van der Waals surface area contributed by atoms with Gasteiger partial charge in [-0.2, -0.15) is 0 Å². The second-order valence-electron chi connectivity index (χ2n) is 5.66. The predicted molar refractivity (Wildman–Crippen MR) is 89.9 cm³/mol. The van der Waals surface area contributed by atoms with Gasteiger partial charge in [-0.15, -0.1) is 0 Å². The SMILES string of the molecule is COc1ccc(OC)c(NC(N)=NCC(C)N(C)C2CC2)c1. The molecule has 6 nitrogen and oxygen atoms in total. The van der Waals surface area contributed by atoms with Gasteiger partial charge in [0.1, 0.15) is 11.5 Å². The Balaban J connectivity index is 1.97. The van der Waals surface area contributed by atoms with Crippen LogP contribution in [0.4, 0.5) is 5.69 Å². The molecule has 1 fully saturated rings. The highest BCUT2D eigenvalue weighted by Crippen LogP contribution is 2.29. The third-order valence-electron chi connectivity index (χ3n) is 4.01. The summed E-state index contributed by atoms with van der Waals surface area (Å²) in [5, 5.41) is 3.08. The van der Waals surface area contributed by atoms with E-state index in [0.29, 0.717) is 24.3 Å². The van der Waals surface area contributed by atoms with Crippen LogP contribution in [0.3, 0.4) is 0 Å². The van der Waals surface area contributed by atoms with Gasteiger partial charge in [0.2, 0.25) is 0 Å². The molecule has 1 aliphatic carbocycles. The third kappa shape index (κ3) is 4.27. The van der Waals surface area contributed by atoms with Gasteiger partial charge in [-0.3, -0.25) is 9.89 Å². The van der Waals surface area contributed by atoms with Crippen LogP contribution in [0.1, 0.15) is 19.8 Å². The largest absolute Gasteiger partial charge is 0.497 e. The molecule has 0 saturated heterocycles. The second-order valence-corrected chi connectivity index (χ2v) is 5.66. The number of methoxy groups -OCH3 is 2. The van der Waals surface area contributed by atoms with Crippen molar-refractivity contribution in [3.63, 3.8) is 0 Å². The maximum Gasteiger partial charge on any atom is 0.193 e. The fourth-order valence-electron chi connectivity index (χ4n) is 2.29. The molecule has 1 aromatic carbocycles. The smallest absolute Gasteiger partial charge is 0.193 e. The Hall–Kier alpha value is -1.95. The molecular formula is C16H26N4O2. The van der Waals surface area contributed by atoms with Crippen molar-refractivity contribution in [3.05, 3.63) is 18.2 Å². The van der Waals surface area contributed by atoms with Crippen LogP contribution in [0.2, 0.25) is 0 Å². The summed E-state index contributed by atoms with van der Waals surface area (Å²) in [6.45, 7) is 2.83. The van der Waals surface area contributed by atoms with Crippen LogP contribution >= 0.6 is 0 Å². The lowest BCUT2D eigenvalue weighted by Gasteiger charge is -2.22. The van der Waals surface area contributed by atoms with Crippen LogP contribution in [-0.2, 0) is 0 Å². The van der Waals surface area contributed by atoms with Crippen molar-refractivity contribution >= 4 is 11.6 Å². The molecule has 6 heteroatoms. The van der Waals surface area contributed by atoms with Crippen LogP contribution in [0, 0.1) is 0 Å². The van der Waals surface area contributed by atoms with E-state index < -0.39 is 0 Å². The summed E-state index contributed by atoms with van der Waals surface area (Å²) in [6, 6.07) is 6.60. The van der Waals surface area contributed by atoms with Crippen LogP contribution in [0.25, 0.3) is 0 Å². The van der Waals surface area contributed by atoms with E-state index in [9.17, 15) is 0 Å². The minimum absolute atomic E-state index is 0.375. The minimum atomic E-state index is 0.375. The van der Waals surface area contributed by atoms with E-state index in [4.69, 9.17) is 15.2 Å². The molecule has 0 aliphatic heterocycles. The molecule has 3 N–H and O–H groups in total. The molecule has 0 heterocycles. The highest BCUT2D eigenvalue weighted by Gasteiger charge is 2.28. The van der Waals surface area contributed by atoms with Crippen molar-refractivity contribution in [1.82, 2.24) is 4.90 Å². The summed E-state index contributed by atoms with van der Waals surface area (Å²) in [6.07, 6.45) is 2.58. The average molecular weight is 306 g/mol. The fourth-order valence-corrected chi connectivity index (χ4v) is 2.29. The molecule has 0 aromatic heterocycles. The van der Waals surface area contributed by atoms with E-state index in [1.807, 2.05) is 18.2 Å². The molecule has 22 heavy (non-hydrogen) atoms. The van der Waals surface area contributed by atoms with Crippen molar-refractivity contribution < 1.29 is 9.47 Å². The summed E-state index contributed by atoms with van der Waals surface area (Å²) in [7, 11) is 5.39. The highest BCUT2D eigenvalue weighted by molar-refractivity contribution is 5.94. The van der Waals surface area contributed by atoms with Gasteiger partial charge < -0.3 is 20.5 Å². The lowest BCUT2D eigenvalue weighted by Crippen LogP contribution is -2.34. The first-order valence-corrected chi connectivity index (χ1v) is 7.56. The maximum atomic E-state index is 5.99. The first-order valence-electron chi connectivity index (χ1n) is 7.56. The summed E-state index contributed by atoms with van der Waals surface area (Å²) < 4.78 is 10.5. The molecule has 122 valence electrons. The van der Waals surface area contributed by atoms with Crippen molar-refractivity contribution in [2.45, 2.75) is 31.8 Å². The van der Waals surface area contributed by atoms with Gasteiger partial charge in [-0.05, 0) is 38.9 Å². The Labute approximate surface area is 132 Å². The number of benzene rings is 1. The zero-order valence-corrected chi connectivity index (χ0v) is 13.8. The van der Waals surface area contributed by atoms with Crippen molar-refractivity contribution in [2.75, 3.05) is 33.1 Å². The van der Waals surface area contributed by atoms with Gasteiger partial charge in [-0.1, -0.05) is 0 Å². The zero-order valence-electron chi connectivity index (χ0n) is 13.8. The number of anilines is 1. The number of nitrogens with one attached hydrogen (secondary N) is 1. The average Bonchev–Trinajstić information content (AvgIpc) is 3.36. The number of aliphatic imine (C=N–C) groups is 1. The Kier molecular flexibility index (Phi) is 5.49. The molecular weight excluding hydrogens is 280 g/mol. The van der Waals surface area contributed by atoms with Gasteiger partial charge in [0.25, 0.3) is 0 Å². The monoisotopic (exact) mass is 306 g/mol. The molecule has 0 radical (unpaired) electrons. The van der Waals surface area contributed by atoms with E-state index in [1.54, 1.807) is 14.2 Å². The first kappa shape index (κ1) is 16.4. The highest BCUT2D eigenvalue weighted by atomic mass is 16.5. The Morgan fingerprint density at radius 2 is 2.14 bits per heavy atom. The summed E-state index contributed by atoms with van der Waals surface area (Å²) in [4.78, 5) is 6.79. The standard InChI is InChI=1S/C16H26N4O2/c1-11(20(2)12-5-6-12)10-18-16(17)19-14-9-13(21-3)7-8-15(14)22-4/h7-9,11-12H,5-6,10H2,1-4H3,(H3,17,18,19). The first-order chi connectivity index (χ1) is 10.5. The molecule has 1 unspecified atom stereocenters. The van der Waals surface area contributed by atoms with Crippen LogP contribution in [0.5, 0.6) is 11.5 Å². The summed E-state index contributed by atoms with van der Waals surface area (Å²) >= 11 is 0. The molecule has 0 spiro atoms. The number of rotatable bonds is 7. The normalized spacial score (nSPS) is 16.5. The van der Waals surface area contributed by atoms with E-state index >= 15 is 0 Å². The number of hydrogen-bond donors (Lipinski definition) is 2. The van der Waals surface area contributed by atoms with Crippen molar-refractivity contribution in [1.29, 1.82) is 0 Å². The van der Waals surface area contributed by atoms with Gasteiger partial charge in [-0.25, -0.2) is 0 Å². The third-order valence-corrected chi connectivity index (χ3v) is 4.01. The molecule has 0 amide bonds. The topological polar surface area (TPSA) is 72.1 Å². The van der Waals surface area contributed by atoms with Crippen molar-refractivity contribution in [3.8, 4) is 11.5 Å². The Morgan fingerprint density at radius 3 is 2.73 bits per heavy atom. The predicted octanol–water partition coefficient (Wildman–Crippen LogP) is 1.91. The molecule has 2 rings (SSSR count). The molecule has 0 bridgehead atoms. The van der Waals surface area contributed by atoms with Gasteiger partial charge >= 0.3 is 0 Å². The van der Waals surface area contributed by atoms with E-state index in [2.05, 4.69) is 29.2 Å². The number of ether oxygens (including phenoxy) is 2. The van der Waals surface area contributed by atoms with E-state index in [-0.39, 0.29) is 0 Å². The summed E-state index contributed by atoms with van der Waals surface area (Å²) in [5.74, 6) is 1.81. The van der Waals surface area contributed by atoms with Gasteiger partial charge in [0.15, 0.2) is 5.96 Å². The number of hydrogen-bond acceptors (Lipinski definition) is 4. The second kappa shape index (κ2) is 7.35. The maximum absolute atomic E-state index is 5.99. The molecule has 1 saturated carbocycles. The molecule has 1 aliphatic rings. The quantitative estimate of drug-likeness (QED) is 0.595. The van der Waals surface area contributed by atoms with Crippen LogP contribution in [0.15, 0.2) is 23.2 Å². The molecule has 1 aromatic rings. The number of nitrogens with two attached hydrogens (primary N) is 1. The Morgan fingerprint density at radius 1 is 1.41 bits per heavy atom. The van der Waals surface area contributed by atoms with E-state index in [0.717, 1.165) is 17.5 Å². The Bertz CT molecular complexity index is 529. The lowest BCUT2D eigenvalue weighted by molar-refractivity contribution is 0.253.